The predicted octanol–water partition coefficient (Wildman–Crippen LogP) is 3.51. The van der Waals surface area contributed by atoms with Crippen LogP contribution in [0, 0.1) is 6.92 Å². The summed E-state index contributed by atoms with van der Waals surface area (Å²) in [5, 5.41) is 0. The zero-order valence-electron chi connectivity index (χ0n) is 14.5. The van der Waals surface area contributed by atoms with Gasteiger partial charge in [-0.3, -0.25) is 4.79 Å². The molecule has 0 spiro atoms. The fourth-order valence-corrected chi connectivity index (χ4v) is 3.53. The van der Waals surface area contributed by atoms with Crippen LogP contribution in [0.4, 0.5) is 5.82 Å². The molecule has 0 bridgehead atoms. The minimum absolute atomic E-state index is 0.0317. The van der Waals surface area contributed by atoms with Gasteiger partial charge in [-0.2, -0.15) is 0 Å². The van der Waals surface area contributed by atoms with Crippen LogP contribution in [0.3, 0.4) is 0 Å². The van der Waals surface area contributed by atoms with Gasteiger partial charge in [0.15, 0.2) is 0 Å². The van der Waals surface area contributed by atoms with Crippen molar-refractivity contribution >= 4 is 27.7 Å². The predicted molar refractivity (Wildman–Crippen MR) is 102 cm³/mol. The largest absolute Gasteiger partial charge is 0.493 e. The maximum absolute atomic E-state index is 12.9. The maximum atomic E-state index is 12.9. The number of amides is 1. The van der Waals surface area contributed by atoms with Crippen molar-refractivity contribution in [3.63, 3.8) is 0 Å². The zero-order chi connectivity index (χ0) is 17.8. The smallest absolute Gasteiger partial charge is 0.257 e. The molecule has 1 aliphatic rings. The second-order valence-corrected chi connectivity index (χ2v) is 6.92. The Hall–Kier alpha value is -2.08. The van der Waals surface area contributed by atoms with E-state index in [4.69, 9.17) is 4.74 Å². The van der Waals surface area contributed by atoms with Gasteiger partial charge in [-0.05, 0) is 53.5 Å². The zero-order valence-corrected chi connectivity index (χ0v) is 16.1. The Morgan fingerprint density at radius 2 is 1.96 bits per heavy atom. The number of nitrogens with zero attached hydrogens (tertiary/aromatic N) is 3. The number of aryl methyl sites for hydroxylation is 1. The van der Waals surface area contributed by atoms with Gasteiger partial charge in [0.1, 0.15) is 11.6 Å². The molecule has 1 fully saturated rings. The number of piperazine rings is 1. The number of halogens is 1. The van der Waals surface area contributed by atoms with Crippen LogP contribution in [0.2, 0.25) is 0 Å². The molecule has 1 saturated heterocycles. The number of para-hydroxylation sites is 1. The van der Waals surface area contributed by atoms with E-state index in [1.54, 1.807) is 0 Å². The van der Waals surface area contributed by atoms with Gasteiger partial charge in [0.25, 0.3) is 5.91 Å². The fourth-order valence-electron chi connectivity index (χ4n) is 3.08. The molecule has 1 aromatic carbocycles. The third-order valence-electron chi connectivity index (χ3n) is 4.30. The summed E-state index contributed by atoms with van der Waals surface area (Å²) in [6, 6.07) is 9.52. The van der Waals surface area contributed by atoms with Crippen LogP contribution in [-0.2, 0) is 0 Å². The topological polar surface area (TPSA) is 45.7 Å². The molecule has 0 saturated carbocycles. The van der Waals surface area contributed by atoms with Crippen LogP contribution < -0.4 is 9.64 Å². The van der Waals surface area contributed by atoms with Gasteiger partial charge in [0, 0.05) is 36.8 Å². The molecule has 132 valence electrons. The lowest BCUT2D eigenvalue weighted by Gasteiger charge is -2.36. The first kappa shape index (κ1) is 17.7. The van der Waals surface area contributed by atoms with Gasteiger partial charge in [0.2, 0.25) is 0 Å². The molecule has 0 unspecified atom stereocenters. The van der Waals surface area contributed by atoms with Crippen molar-refractivity contribution < 1.29 is 9.53 Å². The molecular weight excluding hydrogens is 382 g/mol. The Bertz CT molecular complexity index is 758. The lowest BCUT2D eigenvalue weighted by Crippen LogP contribution is -2.49. The average Bonchev–Trinajstić information content (AvgIpc) is 2.62. The molecule has 0 atom stereocenters. The van der Waals surface area contributed by atoms with Crippen LogP contribution >= 0.6 is 15.9 Å². The van der Waals surface area contributed by atoms with E-state index in [1.165, 1.54) is 0 Å². The third-order valence-corrected chi connectivity index (χ3v) is 4.73. The second-order valence-electron chi connectivity index (χ2n) is 6.00. The van der Waals surface area contributed by atoms with Crippen LogP contribution in [0.25, 0.3) is 0 Å². The number of carbonyl (C=O) groups is 1. The molecule has 3 rings (SSSR count). The molecule has 5 nitrogen and oxygen atoms in total. The van der Waals surface area contributed by atoms with Crippen molar-refractivity contribution in [2.24, 2.45) is 0 Å². The minimum Gasteiger partial charge on any atom is -0.493 e. The first-order valence-corrected chi connectivity index (χ1v) is 9.27. The molecule has 1 aromatic heterocycles. The minimum atomic E-state index is 0.0317. The third kappa shape index (κ3) is 3.95. The number of ether oxygens (including phenoxy) is 1. The molecule has 0 N–H and O–H groups in total. The molecule has 1 aliphatic heterocycles. The van der Waals surface area contributed by atoms with Gasteiger partial charge >= 0.3 is 0 Å². The Morgan fingerprint density at radius 3 is 2.64 bits per heavy atom. The SMILES string of the molecule is CCOc1ccccc1C(=O)N1CCN(c2ncc(Br)cc2C)CC1. The first-order valence-electron chi connectivity index (χ1n) is 8.48. The van der Waals surface area contributed by atoms with E-state index in [-0.39, 0.29) is 5.91 Å². The molecule has 0 radical (unpaired) electrons. The van der Waals surface area contributed by atoms with Gasteiger partial charge in [-0.25, -0.2) is 4.98 Å². The quantitative estimate of drug-likeness (QED) is 0.783. The van der Waals surface area contributed by atoms with Gasteiger partial charge in [-0.15, -0.1) is 0 Å². The summed E-state index contributed by atoms with van der Waals surface area (Å²) in [5.41, 5.74) is 1.77. The van der Waals surface area contributed by atoms with Crippen molar-refractivity contribution in [2.75, 3.05) is 37.7 Å². The fraction of sp³-hybridized carbons (Fsp3) is 0.368. The van der Waals surface area contributed by atoms with Gasteiger partial charge < -0.3 is 14.5 Å². The van der Waals surface area contributed by atoms with E-state index in [0.717, 1.165) is 28.9 Å². The number of rotatable bonds is 4. The summed E-state index contributed by atoms with van der Waals surface area (Å²) in [7, 11) is 0. The Morgan fingerprint density at radius 1 is 1.24 bits per heavy atom. The monoisotopic (exact) mass is 403 g/mol. The summed E-state index contributed by atoms with van der Waals surface area (Å²) in [5.74, 6) is 1.68. The van der Waals surface area contributed by atoms with Crippen LogP contribution in [0.5, 0.6) is 5.75 Å². The normalized spacial score (nSPS) is 14.5. The molecule has 0 aliphatic carbocycles. The average molecular weight is 404 g/mol. The highest BCUT2D eigenvalue weighted by atomic mass is 79.9. The van der Waals surface area contributed by atoms with Crippen LogP contribution in [0.15, 0.2) is 41.0 Å². The molecular formula is C19H22BrN3O2. The molecule has 1 amide bonds. The highest BCUT2D eigenvalue weighted by molar-refractivity contribution is 9.10. The number of pyridine rings is 1. The van der Waals surface area contributed by atoms with Crippen molar-refractivity contribution in [1.29, 1.82) is 0 Å². The Labute approximate surface area is 156 Å². The number of benzene rings is 1. The van der Waals surface area contributed by atoms with E-state index in [9.17, 15) is 4.79 Å². The lowest BCUT2D eigenvalue weighted by atomic mass is 10.1. The van der Waals surface area contributed by atoms with E-state index in [0.29, 0.717) is 31.0 Å². The van der Waals surface area contributed by atoms with Crippen molar-refractivity contribution in [2.45, 2.75) is 13.8 Å². The summed E-state index contributed by atoms with van der Waals surface area (Å²) >= 11 is 3.45. The van der Waals surface area contributed by atoms with Gasteiger partial charge in [-0.1, -0.05) is 12.1 Å². The number of hydrogen-bond acceptors (Lipinski definition) is 4. The molecule has 2 heterocycles. The second kappa shape index (κ2) is 7.87. The number of aromatic nitrogens is 1. The van der Waals surface area contributed by atoms with E-state index in [1.807, 2.05) is 42.3 Å². The van der Waals surface area contributed by atoms with Crippen molar-refractivity contribution in [3.05, 3.63) is 52.1 Å². The molecule has 2 aromatic rings. The number of anilines is 1. The highest BCUT2D eigenvalue weighted by Crippen LogP contribution is 2.24. The summed E-state index contributed by atoms with van der Waals surface area (Å²) < 4.78 is 6.58. The van der Waals surface area contributed by atoms with E-state index < -0.39 is 0 Å². The highest BCUT2D eigenvalue weighted by Gasteiger charge is 2.25. The van der Waals surface area contributed by atoms with E-state index in [2.05, 4.69) is 38.8 Å². The van der Waals surface area contributed by atoms with Gasteiger partial charge in [0.05, 0.1) is 12.2 Å². The first-order chi connectivity index (χ1) is 12.1. The van der Waals surface area contributed by atoms with E-state index >= 15 is 0 Å². The van der Waals surface area contributed by atoms with Crippen molar-refractivity contribution in [1.82, 2.24) is 9.88 Å². The van der Waals surface area contributed by atoms with Crippen LogP contribution in [-0.4, -0.2) is 48.6 Å². The van der Waals surface area contributed by atoms with Crippen molar-refractivity contribution in [3.8, 4) is 5.75 Å². The molecule has 6 heteroatoms. The Kier molecular flexibility index (Phi) is 5.58. The summed E-state index contributed by atoms with van der Waals surface area (Å²) in [6.07, 6.45) is 1.82. The maximum Gasteiger partial charge on any atom is 0.257 e. The summed E-state index contributed by atoms with van der Waals surface area (Å²) in [4.78, 5) is 21.5. The lowest BCUT2D eigenvalue weighted by molar-refractivity contribution is 0.0742. The summed E-state index contributed by atoms with van der Waals surface area (Å²) in [6.45, 7) is 7.44. The number of carbonyl (C=O) groups excluding carboxylic acids is 1. The number of hydrogen-bond donors (Lipinski definition) is 0. The Balaban J connectivity index is 1.69. The van der Waals surface area contributed by atoms with Crippen LogP contribution in [0.1, 0.15) is 22.8 Å². The standard InChI is InChI=1S/C19H22BrN3O2/c1-3-25-17-7-5-4-6-16(17)19(24)23-10-8-22(9-11-23)18-14(2)12-15(20)13-21-18/h4-7,12-13H,3,8-11H2,1-2H3. The molecule has 25 heavy (non-hydrogen) atoms.